The van der Waals surface area contributed by atoms with Crippen molar-refractivity contribution in [3.05, 3.63) is 35.9 Å². The molecule has 1 saturated heterocycles. The largest absolute Gasteiger partial charge is 0.463 e. The van der Waals surface area contributed by atoms with Gasteiger partial charge in [-0.25, -0.2) is 4.79 Å². The molecule has 2 atom stereocenters. The van der Waals surface area contributed by atoms with Crippen LogP contribution in [0.15, 0.2) is 30.3 Å². The van der Waals surface area contributed by atoms with E-state index < -0.39 is 24.1 Å². The molecule has 0 bridgehead atoms. The molecular weight excluding hydrogens is 258 g/mol. The zero-order valence-corrected chi connectivity index (χ0v) is 11.5. The van der Waals surface area contributed by atoms with Gasteiger partial charge in [-0.1, -0.05) is 37.3 Å². The van der Waals surface area contributed by atoms with Gasteiger partial charge < -0.3 is 14.8 Å². The lowest BCUT2D eigenvalue weighted by atomic mass is 10.2. The molecule has 5 nitrogen and oxygen atoms in total. The molecule has 1 heterocycles. The number of hydrogen-bond acceptors (Lipinski definition) is 5. The van der Waals surface area contributed by atoms with Crippen molar-refractivity contribution in [2.45, 2.75) is 38.5 Å². The SMILES string of the molecule is CC[C@H](NCc1ccccc1)C(=O)O[C@@H]1CCOC1=O. The van der Waals surface area contributed by atoms with Crippen LogP contribution in [0.1, 0.15) is 25.3 Å². The van der Waals surface area contributed by atoms with Gasteiger partial charge in [0.05, 0.1) is 6.61 Å². The molecule has 108 valence electrons. The van der Waals surface area contributed by atoms with Crippen molar-refractivity contribution in [3.8, 4) is 0 Å². The van der Waals surface area contributed by atoms with Gasteiger partial charge in [0.2, 0.25) is 6.10 Å². The van der Waals surface area contributed by atoms with E-state index in [2.05, 4.69) is 5.32 Å². The highest BCUT2D eigenvalue weighted by atomic mass is 16.6. The second kappa shape index (κ2) is 7.05. The summed E-state index contributed by atoms with van der Waals surface area (Å²) < 4.78 is 9.96. The molecule has 0 amide bonds. The van der Waals surface area contributed by atoms with Crippen molar-refractivity contribution >= 4 is 11.9 Å². The Kier molecular flexibility index (Phi) is 5.12. The maximum absolute atomic E-state index is 12.0. The normalized spacial score (nSPS) is 19.4. The van der Waals surface area contributed by atoms with Gasteiger partial charge >= 0.3 is 11.9 Å². The van der Waals surface area contributed by atoms with Crippen molar-refractivity contribution in [3.63, 3.8) is 0 Å². The van der Waals surface area contributed by atoms with Crippen molar-refractivity contribution in [1.29, 1.82) is 0 Å². The average Bonchev–Trinajstić information content (AvgIpc) is 2.86. The summed E-state index contributed by atoms with van der Waals surface area (Å²) in [7, 11) is 0. The van der Waals surface area contributed by atoms with Gasteiger partial charge in [-0.15, -0.1) is 0 Å². The lowest BCUT2D eigenvalue weighted by Crippen LogP contribution is -2.39. The van der Waals surface area contributed by atoms with Crippen molar-refractivity contribution < 1.29 is 19.1 Å². The van der Waals surface area contributed by atoms with Gasteiger partial charge in [-0.05, 0) is 12.0 Å². The molecule has 5 heteroatoms. The maximum atomic E-state index is 12.0. The standard InChI is InChI=1S/C15H19NO4/c1-2-12(16-10-11-6-4-3-5-7-11)14(17)20-13-8-9-19-15(13)18/h3-7,12-13,16H,2,8-10H2,1H3/t12-,13+/m0/s1. The van der Waals surface area contributed by atoms with Crippen molar-refractivity contribution in [2.24, 2.45) is 0 Å². The zero-order chi connectivity index (χ0) is 14.4. The van der Waals surface area contributed by atoms with Crippen molar-refractivity contribution in [2.75, 3.05) is 6.61 Å². The summed E-state index contributed by atoms with van der Waals surface area (Å²) in [5.74, 6) is -0.844. The van der Waals surface area contributed by atoms with Crippen LogP contribution in [0.5, 0.6) is 0 Å². The molecule has 0 aliphatic carbocycles. The Morgan fingerprint density at radius 2 is 2.20 bits per heavy atom. The Bertz CT molecular complexity index is 460. The monoisotopic (exact) mass is 277 g/mol. The molecule has 1 fully saturated rings. The first-order valence-corrected chi connectivity index (χ1v) is 6.85. The third-order valence-electron chi connectivity index (χ3n) is 3.23. The first-order valence-electron chi connectivity index (χ1n) is 6.85. The van der Waals surface area contributed by atoms with Crippen LogP contribution in [0, 0.1) is 0 Å². The topological polar surface area (TPSA) is 64.6 Å². The number of rotatable bonds is 6. The molecule has 1 aromatic rings. The van der Waals surface area contributed by atoms with Crippen LogP contribution in [0.4, 0.5) is 0 Å². The van der Waals surface area contributed by atoms with Gasteiger partial charge in [0.25, 0.3) is 0 Å². The van der Waals surface area contributed by atoms with E-state index in [1.54, 1.807) is 0 Å². The molecule has 1 aromatic carbocycles. The predicted molar refractivity (Wildman–Crippen MR) is 72.8 cm³/mol. The molecule has 2 rings (SSSR count). The van der Waals surface area contributed by atoms with Crippen LogP contribution in [0.25, 0.3) is 0 Å². The number of hydrogen-bond donors (Lipinski definition) is 1. The Hall–Kier alpha value is -1.88. The Morgan fingerprint density at radius 1 is 1.45 bits per heavy atom. The number of cyclic esters (lactones) is 1. The predicted octanol–water partition coefficient (Wildman–Crippen LogP) is 1.41. The Balaban J connectivity index is 1.84. The zero-order valence-electron chi connectivity index (χ0n) is 11.5. The number of ether oxygens (including phenoxy) is 2. The fourth-order valence-corrected chi connectivity index (χ4v) is 2.04. The fourth-order valence-electron chi connectivity index (χ4n) is 2.04. The molecular formula is C15H19NO4. The third-order valence-corrected chi connectivity index (χ3v) is 3.23. The number of benzene rings is 1. The summed E-state index contributed by atoms with van der Waals surface area (Å²) in [5.41, 5.74) is 1.10. The number of carbonyl (C=O) groups excluding carboxylic acids is 2. The van der Waals surface area contributed by atoms with E-state index in [1.165, 1.54) is 0 Å². The van der Waals surface area contributed by atoms with E-state index in [-0.39, 0.29) is 0 Å². The summed E-state index contributed by atoms with van der Waals surface area (Å²) in [6.07, 6.45) is 0.308. The fraction of sp³-hybridized carbons (Fsp3) is 0.467. The van der Waals surface area contributed by atoms with Crippen LogP contribution >= 0.6 is 0 Å². The van der Waals surface area contributed by atoms with Gasteiger partial charge in [-0.2, -0.15) is 0 Å². The number of carbonyl (C=O) groups is 2. The molecule has 1 N–H and O–H groups in total. The molecule has 0 unspecified atom stereocenters. The maximum Gasteiger partial charge on any atom is 0.347 e. The summed E-state index contributed by atoms with van der Waals surface area (Å²) in [6.45, 7) is 2.81. The van der Waals surface area contributed by atoms with Crippen LogP contribution in [0.3, 0.4) is 0 Å². The molecule has 1 aliphatic rings. The summed E-state index contributed by atoms with van der Waals surface area (Å²) >= 11 is 0. The second-order valence-electron chi connectivity index (χ2n) is 4.71. The van der Waals surface area contributed by atoms with E-state index in [9.17, 15) is 9.59 Å². The first kappa shape index (κ1) is 14.5. The molecule has 0 spiro atoms. The highest BCUT2D eigenvalue weighted by Gasteiger charge is 2.32. The quantitative estimate of drug-likeness (QED) is 0.797. The highest BCUT2D eigenvalue weighted by Crippen LogP contribution is 2.12. The van der Waals surface area contributed by atoms with E-state index in [0.717, 1.165) is 5.56 Å². The minimum absolute atomic E-state index is 0.324. The lowest BCUT2D eigenvalue weighted by molar-refractivity contribution is -0.161. The Morgan fingerprint density at radius 3 is 2.80 bits per heavy atom. The molecule has 20 heavy (non-hydrogen) atoms. The lowest BCUT2D eigenvalue weighted by Gasteiger charge is -2.17. The smallest absolute Gasteiger partial charge is 0.347 e. The second-order valence-corrected chi connectivity index (χ2v) is 4.71. The molecule has 0 saturated carbocycles. The van der Waals surface area contributed by atoms with E-state index in [1.807, 2.05) is 37.3 Å². The van der Waals surface area contributed by atoms with E-state index >= 15 is 0 Å². The van der Waals surface area contributed by atoms with Crippen LogP contribution in [-0.2, 0) is 25.6 Å². The third kappa shape index (κ3) is 3.81. The van der Waals surface area contributed by atoms with Gasteiger partial charge in [-0.3, -0.25) is 4.79 Å². The molecule has 0 radical (unpaired) electrons. The Labute approximate surface area is 118 Å². The van der Waals surface area contributed by atoms with Crippen LogP contribution in [0.2, 0.25) is 0 Å². The van der Waals surface area contributed by atoms with Gasteiger partial charge in [0.1, 0.15) is 6.04 Å². The van der Waals surface area contributed by atoms with E-state index in [0.29, 0.717) is 26.0 Å². The van der Waals surface area contributed by atoms with Gasteiger partial charge in [0.15, 0.2) is 0 Å². The van der Waals surface area contributed by atoms with Crippen LogP contribution < -0.4 is 5.32 Å². The van der Waals surface area contributed by atoms with Crippen molar-refractivity contribution in [1.82, 2.24) is 5.32 Å². The van der Waals surface area contributed by atoms with E-state index in [4.69, 9.17) is 9.47 Å². The highest BCUT2D eigenvalue weighted by molar-refractivity contribution is 5.82. The minimum atomic E-state index is -0.741. The summed E-state index contributed by atoms with van der Waals surface area (Å²) in [6, 6.07) is 9.40. The van der Waals surface area contributed by atoms with Crippen LogP contribution in [-0.4, -0.2) is 30.7 Å². The number of esters is 2. The number of nitrogens with one attached hydrogen (secondary N) is 1. The molecule has 0 aromatic heterocycles. The van der Waals surface area contributed by atoms with Gasteiger partial charge in [0, 0.05) is 13.0 Å². The summed E-state index contributed by atoms with van der Waals surface area (Å²) in [4.78, 5) is 23.3. The minimum Gasteiger partial charge on any atom is -0.463 e. The first-order chi connectivity index (χ1) is 9.70. The average molecular weight is 277 g/mol. The molecule has 1 aliphatic heterocycles. The summed E-state index contributed by atoms with van der Waals surface area (Å²) in [5, 5.41) is 3.15.